The predicted octanol–water partition coefficient (Wildman–Crippen LogP) is -1.29. The van der Waals surface area contributed by atoms with Gasteiger partial charge >= 0.3 is 6.09 Å². The summed E-state index contributed by atoms with van der Waals surface area (Å²) in [6.45, 7) is 1.31. The fourth-order valence-electron chi connectivity index (χ4n) is 2.13. The second-order valence-corrected chi connectivity index (χ2v) is 5.34. The van der Waals surface area contributed by atoms with E-state index in [4.69, 9.17) is 10.6 Å². The first-order valence-corrected chi connectivity index (χ1v) is 8.31. The number of carbonyl (C=O) groups is 4. The zero-order valence-electron chi connectivity index (χ0n) is 14.5. The first kappa shape index (κ1) is 21.5. The van der Waals surface area contributed by atoms with Crippen molar-refractivity contribution in [3.63, 3.8) is 0 Å². The van der Waals surface area contributed by atoms with Crippen LogP contribution in [0.5, 0.6) is 0 Å². The van der Waals surface area contributed by atoms with E-state index in [9.17, 15) is 19.2 Å². The number of hydrogen-bond donors (Lipinski definition) is 4. The fourth-order valence-corrected chi connectivity index (χ4v) is 2.13. The molecule has 0 aromatic carbocycles. The van der Waals surface area contributed by atoms with Gasteiger partial charge in [0.25, 0.3) is 11.8 Å². The van der Waals surface area contributed by atoms with Crippen molar-refractivity contribution in [2.24, 2.45) is 5.84 Å². The van der Waals surface area contributed by atoms with E-state index in [1.165, 1.54) is 17.1 Å². The minimum Gasteiger partial charge on any atom is -0.446 e. The fraction of sp³-hybridized carbons (Fsp3) is 0.600. The molecule has 11 nitrogen and oxygen atoms in total. The normalized spacial score (nSPS) is 13.2. The van der Waals surface area contributed by atoms with E-state index in [0.29, 0.717) is 39.0 Å². The highest BCUT2D eigenvalue weighted by Crippen LogP contribution is 2.07. The van der Waals surface area contributed by atoms with Gasteiger partial charge in [-0.05, 0) is 12.8 Å². The molecule has 0 aliphatic carbocycles. The van der Waals surface area contributed by atoms with E-state index in [1.807, 2.05) is 11.0 Å². The highest BCUT2D eigenvalue weighted by Gasteiger charge is 2.22. The molecule has 26 heavy (non-hydrogen) atoms. The smallest absolute Gasteiger partial charge is 0.422 e. The van der Waals surface area contributed by atoms with Crippen molar-refractivity contribution in [1.82, 2.24) is 21.2 Å². The number of carbonyl (C=O) groups excluding carboxylic acids is 4. The van der Waals surface area contributed by atoms with Crippen LogP contribution < -0.4 is 22.1 Å². The van der Waals surface area contributed by atoms with Crippen LogP contribution in [0.4, 0.5) is 4.79 Å². The van der Waals surface area contributed by atoms with Crippen LogP contribution >= 0.6 is 0 Å². The van der Waals surface area contributed by atoms with Gasteiger partial charge in [0.1, 0.15) is 6.61 Å². The minimum atomic E-state index is -0.709. The lowest BCUT2D eigenvalue weighted by Crippen LogP contribution is -2.42. The summed E-state index contributed by atoms with van der Waals surface area (Å²) in [4.78, 5) is 46.3. The number of ether oxygens (including phenoxy) is 2. The number of amides is 4. The molecule has 1 rings (SSSR count). The van der Waals surface area contributed by atoms with Crippen molar-refractivity contribution in [2.75, 3.05) is 32.9 Å². The number of nitrogens with two attached hydrogens (primary N) is 1. The molecule has 0 aromatic rings. The van der Waals surface area contributed by atoms with E-state index in [0.717, 1.165) is 6.42 Å². The minimum absolute atomic E-state index is 0.0685. The molecule has 5 N–H and O–H groups in total. The Balaban J connectivity index is 1.89. The summed E-state index contributed by atoms with van der Waals surface area (Å²) < 4.78 is 9.87. The Morgan fingerprint density at radius 3 is 2.46 bits per heavy atom. The van der Waals surface area contributed by atoms with Crippen LogP contribution in [0.3, 0.4) is 0 Å². The van der Waals surface area contributed by atoms with Crippen molar-refractivity contribution < 1.29 is 28.7 Å². The van der Waals surface area contributed by atoms with Gasteiger partial charge in [0.05, 0.1) is 13.2 Å². The third-order valence-electron chi connectivity index (χ3n) is 3.39. The van der Waals surface area contributed by atoms with Gasteiger partial charge in [0.15, 0.2) is 0 Å². The molecule has 0 spiro atoms. The lowest BCUT2D eigenvalue weighted by atomic mass is 10.2. The Hall–Kier alpha value is -2.50. The van der Waals surface area contributed by atoms with Crippen LogP contribution in [0.2, 0.25) is 0 Å². The molecule has 0 saturated heterocycles. The molecule has 0 radical (unpaired) electrons. The van der Waals surface area contributed by atoms with Crippen molar-refractivity contribution in [3.05, 3.63) is 12.2 Å². The van der Waals surface area contributed by atoms with Crippen LogP contribution in [0.25, 0.3) is 0 Å². The van der Waals surface area contributed by atoms with Gasteiger partial charge in [0, 0.05) is 31.7 Å². The molecular formula is C15H25N5O6. The summed E-state index contributed by atoms with van der Waals surface area (Å²) in [6.07, 6.45) is 4.27. The number of hydrogen-bond acceptors (Lipinski definition) is 8. The SMILES string of the molecule is NNNC(=O)OCCOCCNC(=O)CCCCCN1C(=O)C=CC1=O. The van der Waals surface area contributed by atoms with Gasteiger partial charge < -0.3 is 14.8 Å². The average molecular weight is 371 g/mol. The third kappa shape index (κ3) is 9.11. The first-order valence-electron chi connectivity index (χ1n) is 8.31. The quantitative estimate of drug-likeness (QED) is 0.135. The van der Waals surface area contributed by atoms with E-state index < -0.39 is 6.09 Å². The van der Waals surface area contributed by atoms with Crippen LogP contribution in [-0.2, 0) is 23.9 Å². The largest absolute Gasteiger partial charge is 0.446 e. The third-order valence-corrected chi connectivity index (χ3v) is 3.39. The number of rotatable bonds is 13. The van der Waals surface area contributed by atoms with E-state index in [1.54, 1.807) is 0 Å². The predicted molar refractivity (Wildman–Crippen MR) is 90.0 cm³/mol. The lowest BCUT2D eigenvalue weighted by molar-refractivity contribution is -0.137. The zero-order valence-corrected chi connectivity index (χ0v) is 14.5. The molecule has 0 unspecified atom stereocenters. The number of hydrazine groups is 2. The maximum atomic E-state index is 11.6. The topological polar surface area (TPSA) is 152 Å². The van der Waals surface area contributed by atoms with Crippen molar-refractivity contribution in [1.29, 1.82) is 0 Å². The molecule has 0 fully saturated rings. The average Bonchev–Trinajstić information content (AvgIpc) is 2.92. The second-order valence-electron chi connectivity index (χ2n) is 5.34. The zero-order chi connectivity index (χ0) is 19.2. The molecular weight excluding hydrogens is 346 g/mol. The van der Waals surface area contributed by atoms with Crippen LogP contribution in [0.1, 0.15) is 25.7 Å². The van der Waals surface area contributed by atoms with Crippen LogP contribution in [0.15, 0.2) is 12.2 Å². The molecule has 11 heteroatoms. The van der Waals surface area contributed by atoms with Gasteiger partial charge in [0.2, 0.25) is 5.91 Å². The lowest BCUT2D eigenvalue weighted by Gasteiger charge is -2.13. The number of unbranched alkanes of at least 4 members (excludes halogenated alkanes) is 2. The Bertz CT molecular complexity index is 507. The van der Waals surface area contributed by atoms with Crippen molar-refractivity contribution in [3.8, 4) is 0 Å². The molecule has 0 saturated carbocycles. The van der Waals surface area contributed by atoms with Crippen LogP contribution in [0, 0.1) is 0 Å². The molecule has 1 aliphatic heterocycles. The summed E-state index contributed by atoms with van der Waals surface area (Å²) in [6, 6.07) is 0. The molecule has 0 bridgehead atoms. The highest BCUT2D eigenvalue weighted by molar-refractivity contribution is 6.12. The number of nitrogens with one attached hydrogen (secondary N) is 3. The maximum Gasteiger partial charge on any atom is 0.422 e. The Morgan fingerprint density at radius 2 is 1.77 bits per heavy atom. The van der Waals surface area contributed by atoms with E-state index in [-0.39, 0.29) is 30.9 Å². The van der Waals surface area contributed by atoms with Crippen LogP contribution in [-0.4, -0.2) is 61.6 Å². The summed E-state index contributed by atoms with van der Waals surface area (Å²) in [7, 11) is 0. The van der Waals surface area contributed by atoms with Gasteiger partial charge in [-0.1, -0.05) is 6.42 Å². The summed E-state index contributed by atoms with van der Waals surface area (Å²) in [5.74, 6) is 4.20. The molecule has 1 aliphatic rings. The van der Waals surface area contributed by atoms with E-state index in [2.05, 4.69) is 10.1 Å². The Labute approximate surface area is 151 Å². The van der Waals surface area contributed by atoms with Gasteiger partial charge in [-0.2, -0.15) is 5.53 Å². The monoisotopic (exact) mass is 371 g/mol. The first-order chi connectivity index (χ1) is 12.5. The Morgan fingerprint density at radius 1 is 1.04 bits per heavy atom. The Kier molecular flexibility index (Phi) is 10.6. The molecule has 146 valence electrons. The molecule has 1 heterocycles. The maximum absolute atomic E-state index is 11.6. The second kappa shape index (κ2) is 12.8. The van der Waals surface area contributed by atoms with Crippen molar-refractivity contribution >= 4 is 23.8 Å². The van der Waals surface area contributed by atoms with Crippen molar-refractivity contribution in [2.45, 2.75) is 25.7 Å². The molecule has 4 amide bonds. The van der Waals surface area contributed by atoms with Gasteiger partial charge in [-0.25, -0.2) is 10.2 Å². The standard InChI is InChI=1S/C15H25N5O6/c16-19-18-15(24)26-11-10-25-9-7-17-12(21)4-2-1-3-8-20-13(22)5-6-14(20)23/h5-6,19H,1-4,7-11,16H2,(H,17,21)(H,18,24). The highest BCUT2D eigenvalue weighted by atomic mass is 16.6. The van der Waals surface area contributed by atoms with Gasteiger partial charge in [-0.3, -0.25) is 25.1 Å². The van der Waals surface area contributed by atoms with E-state index >= 15 is 0 Å². The molecule has 0 atom stereocenters. The summed E-state index contributed by atoms with van der Waals surface area (Å²) in [5, 5.41) is 2.71. The summed E-state index contributed by atoms with van der Waals surface area (Å²) >= 11 is 0. The number of imide groups is 1. The number of nitrogens with zero attached hydrogens (tertiary/aromatic N) is 1. The van der Waals surface area contributed by atoms with Gasteiger partial charge in [-0.15, -0.1) is 0 Å². The summed E-state index contributed by atoms with van der Waals surface area (Å²) in [5.41, 5.74) is 3.96. The molecule has 0 aromatic heterocycles.